The van der Waals surface area contributed by atoms with Crippen molar-refractivity contribution in [3.63, 3.8) is 0 Å². The third-order valence-corrected chi connectivity index (χ3v) is 4.70. The van der Waals surface area contributed by atoms with Crippen LogP contribution in [0.4, 0.5) is 0 Å². The standard InChI is InChI=1S/C21H23Cl2NO3/c1-4-7-24-21(26)12-27-15-10-18(22)17(19(23)11-15)9-14-5-6-20(25)16(8-14)13(2)3/h4-6,8,10-11,13,25H,1,7,9,12H2,2-3H3,(H,24,26). The Balaban J connectivity index is 2.14. The SMILES string of the molecule is C=CCNC(=O)COc1cc(Cl)c(Cc2ccc(O)c(C(C)C)c2)c(Cl)c1. The monoisotopic (exact) mass is 407 g/mol. The number of benzene rings is 2. The minimum absolute atomic E-state index is 0.129. The highest BCUT2D eigenvalue weighted by molar-refractivity contribution is 6.36. The molecule has 144 valence electrons. The number of phenolic OH excluding ortho intramolecular Hbond substituents is 1. The zero-order valence-corrected chi connectivity index (χ0v) is 16.9. The molecule has 6 heteroatoms. The van der Waals surface area contributed by atoms with Crippen molar-refractivity contribution in [3.8, 4) is 11.5 Å². The summed E-state index contributed by atoms with van der Waals surface area (Å²) in [5.41, 5.74) is 2.64. The van der Waals surface area contributed by atoms with E-state index in [2.05, 4.69) is 11.9 Å². The Labute approximate surface area is 169 Å². The van der Waals surface area contributed by atoms with Gasteiger partial charge in [-0.25, -0.2) is 0 Å². The Kier molecular flexibility index (Phi) is 7.57. The van der Waals surface area contributed by atoms with Crippen molar-refractivity contribution < 1.29 is 14.6 Å². The molecule has 2 aromatic rings. The summed E-state index contributed by atoms with van der Waals surface area (Å²) >= 11 is 12.8. The van der Waals surface area contributed by atoms with Crippen molar-refractivity contribution in [1.29, 1.82) is 0 Å². The summed E-state index contributed by atoms with van der Waals surface area (Å²) in [4.78, 5) is 11.6. The number of halogens is 2. The number of phenols is 1. The average Bonchev–Trinajstić information content (AvgIpc) is 2.62. The van der Waals surface area contributed by atoms with Crippen LogP contribution in [0.3, 0.4) is 0 Å². The molecule has 27 heavy (non-hydrogen) atoms. The van der Waals surface area contributed by atoms with E-state index in [9.17, 15) is 9.90 Å². The van der Waals surface area contributed by atoms with Gasteiger partial charge in [-0.2, -0.15) is 0 Å². The van der Waals surface area contributed by atoms with Gasteiger partial charge in [-0.3, -0.25) is 4.79 Å². The molecule has 0 radical (unpaired) electrons. The van der Waals surface area contributed by atoms with Crippen LogP contribution in [0.25, 0.3) is 0 Å². The summed E-state index contributed by atoms with van der Waals surface area (Å²) in [6.45, 7) is 7.83. The summed E-state index contributed by atoms with van der Waals surface area (Å²) in [7, 11) is 0. The van der Waals surface area contributed by atoms with E-state index in [1.807, 2.05) is 26.0 Å². The van der Waals surface area contributed by atoms with E-state index < -0.39 is 0 Å². The molecular weight excluding hydrogens is 385 g/mol. The highest BCUT2D eigenvalue weighted by atomic mass is 35.5. The minimum atomic E-state index is -0.253. The maximum atomic E-state index is 11.6. The molecule has 0 fully saturated rings. The van der Waals surface area contributed by atoms with Crippen molar-refractivity contribution in [2.45, 2.75) is 26.2 Å². The van der Waals surface area contributed by atoms with Crippen molar-refractivity contribution in [3.05, 3.63) is 69.7 Å². The maximum Gasteiger partial charge on any atom is 0.258 e. The normalized spacial score (nSPS) is 10.7. The van der Waals surface area contributed by atoms with Crippen LogP contribution >= 0.6 is 23.2 Å². The van der Waals surface area contributed by atoms with Crippen LogP contribution in [0.15, 0.2) is 43.0 Å². The lowest BCUT2D eigenvalue weighted by Crippen LogP contribution is -2.28. The van der Waals surface area contributed by atoms with Gasteiger partial charge in [-0.1, -0.05) is 55.3 Å². The Bertz CT molecular complexity index is 811. The summed E-state index contributed by atoms with van der Waals surface area (Å²) in [6, 6.07) is 8.79. The predicted octanol–water partition coefficient (Wildman–Crippen LogP) is 5.09. The topological polar surface area (TPSA) is 58.6 Å². The first-order chi connectivity index (χ1) is 12.8. The van der Waals surface area contributed by atoms with Gasteiger partial charge < -0.3 is 15.2 Å². The first kappa shape index (κ1) is 21.1. The molecule has 0 bridgehead atoms. The molecule has 2 rings (SSSR count). The number of carbonyl (C=O) groups is 1. The van der Waals surface area contributed by atoms with Crippen LogP contribution in [0.2, 0.25) is 10.0 Å². The summed E-state index contributed by atoms with van der Waals surface area (Å²) in [5, 5.41) is 13.5. The van der Waals surface area contributed by atoms with Gasteiger partial charge in [0, 0.05) is 23.0 Å². The van der Waals surface area contributed by atoms with E-state index >= 15 is 0 Å². The number of hydrogen-bond donors (Lipinski definition) is 2. The number of hydrogen-bond acceptors (Lipinski definition) is 3. The molecule has 0 spiro atoms. The van der Waals surface area contributed by atoms with Gasteiger partial charge in [-0.05, 0) is 40.8 Å². The molecule has 0 saturated heterocycles. The molecule has 0 heterocycles. The number of amides is 1. The molecule has 2 N–H and O–H groups in total. The van der Waals surface area contributed by atoms with E-state index in [1.165, 1.54) is 0 Å². The van der Waals surface area contributed by atoms with Gasteiger partial charge >= 0.3 is 0 Å². The molecule has 0 saturated carbocycles. The Morgan fingerprint density at radius 3 is 2.52 bits per heavy atom. The summed E-state index contributed by atoms with van der Waals surface area (Å²) < 4.78 is 5.45. The Morgan fingerprint density at radius 1 is 1.26 bits per heavy atom. The minimum Gasteiger partial charge on any atom is -0.508 e. The zero-order chi connectivity index (χ0) is 20.0. The van der Waals surface area contributed by atoms with E-state index in [-0.39, 0.29) is 24.2 Å². The van der Waals surface area contributed by atoms with Crippen molar-refractivity contribution in [1.82, 2.24) is 5.32 Å². The molecule has 2 aromatic carbocycles. The zero-order valence-electron chi connectivity index (χ0n) is 15.4. The highest BCUT2D eigenvalue weighted by Crippen LogP contribution is 2.33. The fourth-order valence-electron chi connectivity index (χ4n) is 2.60. The lowest BCUT2D eigenvalue weighted by molar-refractivity contribution is -0.122. The van der Waals surface area contributed by atoms with Crippen LogP contribution in [0.1, 0.15) is 36.5 Å². The van der Waals surface area contributed by atoms with Crippen LogP contribution in [0, 0.1) is 0 Å². The van der Waals surface area contributed by atoms with Gasteiger partial charge in [0.25, 0.3) is 5.91 Å². The first-order valence-electron chi connectivity index (χ1n) is 8.62. The van der Waals surface area contributed by atoms with Crippen molar-refractivity contribution in [2.75, 3.05) is 13.2 Å². The van der Waals surface area contributed by atoms with E-state index in [1.54, 1.807) is 24.3 Å². The number of rotatable bonds is 8. The smallest absolute Gasteiger partial charge is 0.258 e. The van der Waals surface area contributed by atoms with Gasteiger partial charge in [0.15, 0.2) is 6.61 Å². The molecule has 4 nitrogen and oxygen atoms in total. The molecule has 0 aliphatic carbocycles. The third-order valence-electron chi connectivity index (χ3n) is 4.02. The second kappa shape index (κ2) is 9.67. The highest BCUT2D eigenvalue weighted by Gasteiger charge is 2.13. The largest absolute Gasteiger partial charge is 0.508 e. The molecule has 0 aromatic heterocycles. The number of nitrogens with one attached hydrogen (secondary N) is 1. The van der Waals surface area contributed by atoms with Crippen LogP contribution in [0.5, 0.6) is 11.5 Å². The van der Waals surface area contributed by atoms with Gasteiger partial charge in [0.1, 0.15) is 11.5 Å². The summed E-state index contributed by atoms with van der Waals surface area (Å²) in [6.07, 6.45) is 2.12. The van der Waals surface area contributed by atoms with E-state index in [4.69, 9.17) is 27.9 Å². The molecule has 0 aliphatic heterocycles. The first-order valence-corrected chi connectivity index (χ1v) is 9.37. The Hall–Kier alpha value is -2.17. The van der Waals surface area contributed by atoms with Crippen LogP contribution in [-0.2, 0) is 11.2 Å². The van der Waals surface area contributed by atoms with Crippen LogP contribution < -0.4 is 10.1 Å². The average molecular weight is 408 g/mol. The molecule has 0 atom stereocenters. The Morgan fingerprint density at radius 2 is 1.93 bits per heavy atom. The van der Waals surface area contributed by atoms with E-state index in [0.29, 0.717) is 28.8 Å². The second-order valence-corrected chi connectivity index (χ2v) is 7.29. The predicted molar refractivity (Wildman–Crippen MR) is 110 cm³/mol. The maximum absolute atomic E-state index is 11.6. The second-order valence-electron chi connectivity index (χ2n) is 6.47. The number of ether oxygens (including phenoxy) is 1. The third kappa shape index (κ3) is 5.91. The van der Waals surface area contributed by atoms with E-state index in [0.717, 1.165) is 16.7 Å². The lowest BCUT2D eigenvalue weighted by Gasteiger charge is -2.14. The number of carbonyl (C=O) groups excluding carboxylic acids is 1. The summed E-state index contributed by atoms with van der Waals surface area (Å²) in [5.74, 6) is 0.663. The van der Waals surface area contributed by atoms with Crippen molar-refractivity contribution >= 4 is 29.1 Å². The molecular formula is C21H23Cl2NO3. The lowest BCUT2D eigenvalue weighted by atomic mass is 9.96. The molecule has 1 amide bonds. The van der Waals surface area contributed by atoms with Gasteiger partial charge in [0.05, 0.1) is 0 Å². The molecule has 0 aliphatic rings. The van der Waals surface area contributed by atoms with Gasteiger partial charge in [-0.15, -0.1) is 6.58 Å². The van der Waals surface area contributed by atoms with Crippen LogP contribution in [-0.4, -0.2) is 24.2 Å². The quantitative estimate of drug-likeness (QED) is 0.598. The van der Waals surface area contributed by atoms with Gasteiger partial charge in [0.2, 0.25) is 0 Å². The van der Waals surface area contributed by atoms with Crippen molar-refractivity contribution in [2.24, 2.45) is 0 Å². The molecule has 0 unspecified atom stereocenters. The number of aromatic hydroxyl groups is 1. The fourth-order valence-corrected chi connectivity index (χ4v) is 3.20. The fraction of sp³-hybridized carbons (Fsp3) is 0.286.